The quantitative estimate of drug-likeness (QED) is 0.737. The van der Waals surface area contributed by atoms with E-state index in [2.05, 4.69) is 15.3 Å². The van der Waals surface area contributed by atoms with Gasteiger partial charge in [0.2, 0.25) is 0 Å². The van der Waals surface area contributed by atoms with Crippen molar-refractivity contribution >= 4 is 22.6 Å². The summed E-state index contributed by atoms with van der Waals surface area (Å²) in [7, 11) is 0. The molecule has 1 amide bonds. The number of carbonyl (C=O) groups is 1. The number of halogens is 1. The molecule has 0 spiro atoms. The molecule has 0 saturated heterocycles. The number of imidazole rings is 1. The van der Waals surface area contributed by atoms with Crippen molar-refractivity contribution < 1.29 is 9.18 Å². The summed E-state index contributed by atoms with van der Waals surface area (Å²) in [6, 6.07) is 11.9. The number of hydrogen-bond acceptors (Lipinski definition) is 2. The number of aromatic nitrogens is 2. The maximum atomic E-state index is 13.9. The first-order valence-corrected chi connectivity index (χ1v) is 8.13. The first kappa shape index (κ1) is 15.3. The Morgan fingerprint density at radius 3 is 2.84 bits per heavy atom. The van der Waals surface area contributed by atoms with E-state index in [0.717, 1.165) is 18.4 Å². The maximum absolute atomic E-state index is 13.9. The molecule has 1 aliphatic rings. The van der Waals surface area contributed by atoms with Crippen LogP contribution in [0.3, 0.4) is 0 Å². The molecule has 0 radical (unpaired) electrons. The van der Waals surface area contributed by atoms with Crippen molar-refractivity contribution in [2.24, 2.45) is 0 Å². The van der Waals surface area contributed by atoms with E-state index in [9.17, 15) is 9.18 Å². The van der Waals surface area contributed by atoms with Crippen LogP contribution in [-0.4, -0.2) is 15.9 Å². The van der Waals surface area contributed by atoms with Crippen LogP contribution in [0.15, 0.2) is 66.3 Å². The Bertz CT molecular complexity index is 1020. The molecule has 0 atom stereocenters. The number of fused-ring (bicyclic) bond motifs is 1. The van der Waals surface area contributed by atoms with Gasteiger partial charge >= 0.3 is 0 Å². The van der Waals surface area contributed by atoms with Crippen molar-refractivity contribution in [2.45, 2.75) is 12.8 Å². The van der Waals surface area contributed by atoms with E-state index >= 15 is 0 Å². The summed E-state index contributed by atoms with van der Waals surface area (Å²) >= 11 is 0. The molecule has 0 fully saturated rings. The van der Waals surface area contributed by atoms with Gasteiger partial charge in [-0.2, -0.15) is 0 Å². The summed E-state index contributed by atoms with van der Waals surface area (Å²) in [5.74, 6) is 0.00439. The first-order valence-electron chi connectivity index (χ1n) is 8.13. The molecule has 124 valence electrons. The number of carbonyl (C=O) groups excluding carboxylic acids is 1. The minimum Gasteiger partial charge on any atom is -0.338 e. The van der Waals surface area contributed by atoms with Gasteiger partial charge in [-0.05, 0) is 43.2 Å². The molecule has 2 N–H and O–H groups in total. The van der Waals surface area contributed by atoms with Gasteiger partial charge in [-0.3, -0.25) is 4.79 Å². The minimum atomic E-state index is -0.328. The number of amides is 1. The molecule has 1 aromatic heterocycles. The first-order chi connectivity index (χ1) is 12.2. The van der Waals surface area contributed by atoms with Crippen molar-refractivity contribution in [3.05, 3.63) is 72.1 Å². The van der Waals surface area contributed by atoms with Gasteiger partial charge in [-0.15, -0.1) is 0 Å². The molecule has 3 aromatic rings. The van der Waals surface area contributed by atoms with Gasteiger partial charge in [0.1, 0.15) is 11.6 Å². The second-order valence-electron chi connectivity index (χ2n) is 5.89. The Kier molecular flexibility index (Phi) is 3.90. The van der Waals surface area contributed by atoms with Crippen LogP contribution in [0.5, 0.6) is 0 Å². The molecule has 4 rings (SSSR count). The van der Waals surface area contributed by atoms with Crippen LogP contribution in [0.25, 0.3) is 22.4 Å². The second-order valence-corrected chi connectivity index (χ2v) is 5.89. The third-order valence-corrected chi connectivity index (χ3v) is 4.13. The third kappa shape index (κ3) is 3.08. The Morgan fingerprint density at radius 1 is 1.16 bits per heavy atom. The fourth-order valence-electron chi connectivity index (χ4n) is 2.85. The number of nitrogens with zero attached hydrogens (tertiary/aromatic N) is 1. The highest BCUT2D eigenvalue weighted by atomic mass is 19.1. The largest absolute Gasteiger partial charge is 0.338 e. The fraction of sp³-hybridized carbons (Fsp3) is 0.100. The molecular weight excluding hydrogens is 317 g/mol. The van der Waals surface area contributed by atoms with Crippen LogP contribution in [-0.2, 0) is 4.79 Å². The molecule has 0 unspecified atom stereocenters. The van der Waals surface area contributed by atoms with Gasteiger partial charge in [-0.1, -0.05) is 30.4 Å². The van der Waals surface area contributed by atoms with Crippen LogP contribution < -0.4 is 5.32 Å². The van der Waals surface area contributed by atoms with E-state index < -0.39 is 0 Å². The summed E-state index contributed by atoms with van der Waals surface area (Å²) < 4.78 is 13.9. The summed E-state index contributed by atoms with van der Waals surface area (Å²) in [4.78, 5) is 19.8. The highest BCUT2D eigenvalue weighted by molar-refractivity contribution is 6.06. The van der Waals surface area contributed by atoms with Gasteiger partial charge in [0.15, 0.2) is 0 Å². The second kappa shape index (κ2) is 6.36. The van der Waals surface area contributed by atoms with Gasteiger partial charge in [0.25, 0.3) is 5.91 Å². The summed E-state index contributed by atoms with van der Waals surface area (Å²) in [6.07, 6.45) is 7.61. The number of H-pyrrole nitrogens is 1. The topological polar surface area (TPSA) is 57.8 Å². The average molecular weight is 333 g/mol. The van der Waals surface area contributed by atoms with E-state index in [-0.39, 0.29) is 11.7 Å². The van der Waals surface area contributed by atoms with Crippen molar-refractivity contribution in [2.75, 3.05) is 5.32 Å². The van der Waals surface area contributed by atoms with Gasteiger partial charge in [-0.25, -0.2) is 9.37 Å². The summed E-state index contributed by atoms with van der Waals surface area (Å²) in [5.41, 5.74) is 3.21. The highest BCUT2D eigenvalue weighted by Crippen LogP contribution is 2.25. The van der Waals surface area contributed by atoms with Crippen LogP contribution in [0, 0.1) is 5.82 Å². The predicted molar refractivity (Wildman–Crippen MR) is 96.6 cm³/mol. The van der Waals surface area contributed by atoms with Crippen LogP contribution >= 0.6 is 0 Å². The number of anilines is 1. The molecule has 25 heavy (non-hydrogen) atoms. The lowest BCUT2D eigenvalue weighted by molar-refractivity contribution is -0.112. The number of rotatable bonds is 3. The summed E-state index contributed by atoms with van der Waals surface area (Å²) in [5, 5.41) is 2.88. The monoisotopic (exact) mass is 333 g/mol. The lowest BCUT2D eigenvalue weighted by atomic mass is 10.1. The SMILES string of the molecule is O=C(Nc1ccc2nc(-c3ccccc3F)[nH]c2c1)C1=CCCC=C1. The molecule has 0 bridgehead atoms. The fourth-order valence-corrected chi connectivity index (χ4v) is 2.85. The lowest BCUT2D eigenvalue weighted by Gasteiger charge is -2.08. The van der Waals surface area contributed by atoms with Crippen molar-refractivity contribution in [3.63, 3.8) is 0 Å². The van der Waals surface area contributed by atoms with Gasteiger partial charge in [0, 0.05) is 11.3 Å². The number of hydrogen-bond donors (Lipinski definition) is 2. The standard InChI is InChI=1S/C20H16FN3O/c21-16-9-5-4-8-15(16)19-23-17-11-10-14(12-18(17)24-19)22-20(25)13-6-2-1-3-7-13/h2,4-12H,1,3H2,(H,22,25)(H,23,24). The Morgan fingerprint density at radius 2 is 2.04 bits per heavy atom. The Balaban J connectivity index is 1.62. The number of nitrogens with one attached hydrogen (secondary N) is 2. The predicted octanol–water partition coefficient (Wildman–Crippen LogP) is 4.58. The molecule has 1 aliphatic carbocycles. The van der Waals surface area contributed by atoms with E-state index in [1.807, 2.05) is 18.2 Å². The van der Waals surface area contributed by atoms with Crippen molar-refractivity contribution in [1.82, 2.24) is 9.97 Å². The Hall–Kier alpha value is -3.21. The van der Waals surface area contributed by atoms with Crippen molar-refractivity contribution in [3.8, 4) is 11.4 Å². The molecule has 0 aliphatic heterocycles. The Labute approximate surface area is 144 Å². The third-order valence-electron chi connectivity index (χ3n) is 4.13. The van der Waals surface area contributed by atoms with Gasteiger partial charge in [0.05, 0.1) is 16.6 Å². The summed E-state index contributed by atoms with van der Waals surface area (Å²) in [6.45, 7) is 0. The zero-order valence-corrected chi connectivity index (χ0v) is 13.4. The van der Waals surface area contributed by atoms with E-state index in [4.69, 9.17) is 0 Å². The van der Waals surface area contributed by atoms with Crippen LogP contribution in [0.1, 0.15) is 12.8 Å². The van der Waals surface area contributed by atoms with Crippen LogP contribution in [0.2, 0.25) is 0 Å². The van der Waals surface area contributed by atoms with Gasteiger partial charge < -0.3 is 10.3 Å². The highest BCUT2D eigenvalue weighted by Gasteiger charge is 2.12. The smallest absolute Gasteiger partial charge is 0.255 e. The average Bonchev–Trinajstić information content (AvgIpc) is 3.06. The minimum absolute atomic E-state index is 0.135. The number of aromatic amines is 1. The molecule has 4 nitrogen and oxygen atoms in total. The zero-order valence-electron chi connectivity index (χ0n) is 13.4. The maximum Gasteiger partial charge on any atom is 0.255 e. The molecule has 2 aromatic carbocycles. The zero-order chi connectivity index (χ0) is 17.2. The normalized spacial score (nSPS) is 13.7. The number of allylic oxidation sites excluding steroid dienone is 2. The van der Waals surface area contributed by atoms with Crippen LogP contribution in [0.4, 0.5) is 10.1 Å². The van der Waals surface area contributed by atoms with E-state index in [0.29, 0.717) is 28.2 Å². The molecule has 0 saturated carbocycles. The van der Waals surface area contributed by atoms with E-state index in [1.165, 1.54) is 6.07 Å². The van der Waals surface area contributed by atoms with E-state index in [1.54, 1.807) is 36.4 Å². The lowest BCUT2D eigenvalue weighted by Crippen LogP contribution is -2.14. The molecule has 5 heteroatoms. The molecule has 1 heterocycles. The molecular formula is C20H16FN3O. The number of benzene rings is 2. The van der Waals surface area contributed by atoms with Crippen molar-refractivity contribution in [1.29, 1.82) is 0 Å².